The Morgan fingerprint density at radius 1 is 1.31 bits per heavy atom. The molecule has 0 heterocycles. The van der Waals surface area contributed by atoms with Gasteiger partial charge in [0.15, 0.2) is 0 Å². The van der Waals surface area contributed by atoms with Gasteiger partial charge in [0.05, 0.1) is 0 Å². The van der Waals surface area contributed by atoms with E-state index in [4.69, 9.17) is 0 Å². The summed E-state index contributed by atoms with van der Waals surface area (Å²) in [6.45, 7) is 2.43. The number of hydrogen-bond acceptors (Lipinski definition) is 1. The molecule has 0 spiro atoms. The summed E-state index contributed by atoms with van der Waals surface area (Å²) >= 11 is 0. The van der Waals surface area contributed by atoms with Crippen molar-refractivity contribution in [2.75, 3.05) is 0 Å². The van der Waals surface area contributed by atoms with E-state index in [1.807, 2.05) is 37.3 Å². The van der Waals surface area contributed by atoms with Gasteiger partial charge in [-0.1, -0.05) is 30.3 Å². The number of rotatable bonds is 5. The molecule has 0 atom stereocenters. The van der Waals surface area contributed by atoms with Crippen LogP contribution in [0.3, 0.4) is 0 Å². The summed E-state index contributed by atoms with van der Waals surface area (Å²) in [6, 6.07) is 9.91. The van der Waals surface area contributed by atoms with Gasteiger partial charge < -0.3 is 5.32 Å². The molecule has 2 heteroatoms. The predicted molar refractivity (Wildman–Crippen MR) is 65.6 cm³/mol. The van der Waals surface area contributed by atoms with Crippen LogP contribution in [-0.4, -0.2) is 5.91 Å². The van der Waals surface area contributed by atoms with Crippen molar-refractivity contribution >= 4 is 5.91 Å². The molecular weight excluding hydrogens is 198 g/mol. The van der Waals surface area contributed by atoms with Crippen molar-refractivity contribution < 1.29 is 4.79 Å². The van der Waals surface area contributed by atoms with Crippen LogP contribution in [0.1, 0.15) is 31.7 Å². The van der Waals surface area contributed by atoms with Gasteiger partial charge in [-0.25, -0.2) is 0 Å². The molecule has 0 aromatic heterocycles. The van der Waals surface area contributed by atoms with E-state index in [-0.39, 0.29) is 5.91 Å². The lowest BCUT2D eigenvalue weighted by molar-refractivity contribution is -0.121. The summed E-state index contributed by atoms with van der Waals surface area (Å²) in [5.74, 6) is 5.86. The normalized spacial score (nSPS) is 9.06. The Morgan fingerprint density at radius 2 is 2.06 bits per heavy atom. The lowest BCUT2D eigenvalue weighted by Gasteiger charge is -2.04. The quantitative estimate of drug-likeness (QED) is 0.593. The van der Waals surface area contributed by atoms with Crippen molar-refractivity contribution in [3.8, 4) is 11.8 Å². The highest BCUT2D eigenvalue weighted by atomic mass is 16.1. The van der Waals surface area contributed by atoms with E-state index in [1.165, 1.54) is 0 Å². The first-order chi connectivity index (χ1) is 7.83. The zero-order valence-electron chi connectivity index (χ0n) is 9.62. The van der Waals surface area contributed by atoms with Crippen LogP contribution in [-0.2, 0) is 11.3 Å². The van der Waals surface area contributed by atoms with Crippen molar-refractivity contribution in [2.45, 2.75) is 32.7 Å². The zero-order valence-corrected chi connectivity index (χ0v) is 9.62. The van der Waals surface area contributed by atoms with Crippen LogP contribution in [0, 0.1) is 11.8 Å². The third kappa shape index (κ3) is 5.21. The Kier molecular flexibility index (Phi) is 5.80. The molecule has 1 rings (SSSR count). The molecule has 1 amide bonds. The van der Waals surface area contributed by atoms with Gasteiger partial charge in [-0.2, -0.15) is 0 Å². The number of benzene rings is 1. The Bertz CT molecular complexity index is 373. The standard InChI is InChI=1S/C14H17NO/c1-2-3-4-8-11-14(16)15-12-13-9-6-5-7-10-13/h5-7,9-10H,4,8,11-12H2,1H3,(H,15,16). The van der Waals surface area contributed by atoms with Crippen molar-refractivity contribution in [3.05, 3.63) is 35.9 Å². The molecule has 0 unspecified atom stereocenters. The number of carbonyl (C=O) groups excluding carboxylic acids is 1. The molecule has 0 saturated carbocycles. The maximum atomic E-state index is 11.4. The van der Waals surface area contributed by atoms with Gasteiger partial charge in [-0.3, -0.25) is 4.79 Å². The number of nitrogens with one attached hydrogen (secondary N) is 1. The molecule has 0 aliphatic carbocycles. The summed E-state index contributed by atoms with van der Waals surface area (Å²) in [4.78, 5) is 11.4. The average Bonchev–Trinajstić information content (AvgIpc) is 2.33. The van der Waals surface area contributed by atoms with Crippen molar-refractivity contribution in [1.29, 1.82) is 0 Å². The van der Waals surface area contributed by atoms with Gasteiger partial charge >= 0.3 is 0 Å². The van der Waals surface area contributed by atoms with Crippen LogP contribution in [0.25, 0.3) is 0 Å². The van der Waals surface area contributed by atoms with E-state index >= 15 is 0 Å². The van der Waals surface area contributed by atoms with Gasteiger partial charge in [-0.15, -0.1) is 11.8 Å². The molecule has 2 nitrogen and oxygen atoms in total. The molecule has 0 aliphatic rings. The van der Waals surface area contributed by atoms with Gasteiger partial charge in [0.25, 0.3) is 0 Å². The number of unbranched alkanes of at least 4 members (excludes halogenated alkanes) is 1. The van der Waals surface area contributed by atoms with Crippen LogP contribution in [0.5, 0.6) is 0 Å². The minimum atomic E-state index is 0.0988. The van der Waals surface area contributed by atoms with Gasteiger partial charge in [-0.05, 0) is 18.9 Å². The van der Waals surface area contributed by atoms with Gasteiger partial charge in [0.2, 0.25) is 5.91 Å². The summed E-state index contributed by atoms with van der Waals surface area (Å²) in [5.41, 5.74) is 1.13. The van der Waals surface area contributed by atoms with Crippen molar-refractivity contribution in [1.82, 2.24) is 5.32 Å². The fourth-order valence-corrected chi connectivity index (χ4v) is 1.35. The lowest BCUT2D eigenvalue weighted by Crippen LogP contribution is -2.22. The SMILES string of the molecule is CC#CCCCC(=O)NCc1ccccc1. The first-order valence-corrected chi connectivity index (χ1v) is 5.53. The lowest BCUT2D eigenvalue weighted by atomic mass is 10.2. The average molecular weight is 215 g/mol. The second-order valence-corrected chi connectivity index (χ2v) is 3.54. The van der Waals surface area contributed by atoms with E-state index in [1.54, 1.807) is 0 Å². The third-order valence-electron chi connectivity index (χ3n) is 2.21. The van der Waals surface area contributed by atoms with Crippen LogP contribution < -0.4 is 5.32 Å². The first kappa shape index (κ1) is 12.3. The minimum Gasteiger partial charge on any atom is -0.352 e. The fraction of sp³-hybridized carbons (Fsp3) is 0.357. The largest absolute Gasteiger partial charge is 0.352 e. The van der Waals surface area contributed by atoms with E-state index in [0.29, 0.717) is 13.0 Å². The molecule has 84 valence electrons. The van der Waals surface area contributed by atoms with Crippen LogP contribution in [0.2, 0.25) is 0 Å². The third-order valence-corrected chi connectivity index (χ3v) is 2.21. The minimum absolute atomic E-state index is 0.0988. The second kappa shape index (κ2) is 7.53. The topological polar surface area (TPSA) is 29.1 Å². The highest BCUT2D eigenvalue weighted by molar-refractivity contribution is 5.75. The van der Waals surface area contributed by atoms with Gasteiger partial charge in [0.1, 0.15) is 0 Å². The monoisotopic (exact) mass is 215 g/mol. The summed E-state index contributed by atoms with van der Waals surface area (Å²) in [6.07, 6.45) is 2.19. The smallest absolute Gasteiger partial charge is 0.220 e. The number of carbonyl (C=O) groups is 1. The molecule has 16 heavy (non-hydrogen) atoms. The summed E-state index contributed by atoms with van der Waals surface area (Å²) in [7, 11) is 0. The molecule has 1 N–H and O–H groups in total. The highest BCUT2D eigenvalue weighted by Crippen LogP contribution is 1.99. The molecule has 0 fully saturated rings. The molecule has 0 saturated heterocycles. The second-order valence-electron chi connectivity index (χ2n) is 3.54. The van der Waals surface area contributed by atoms with Gasteiger partial charge in [0, 0.05) is 19.4 Å². The molecule has 0 aliphatic heterocycles. The van der Waals surface area contributed by atoms with Crippen LogP contribution in [0.15, 0.2) is 30.3 Å². The first-order valence-electron chi connectivity index (χ1n) is 5.53. The molecule has 0 bridgehead atoms. The van der Waals surface area contributed by atoms with E-state index in [2.05, 4.69) is 17.2 Å². The summed E-state index contributed by atoms with van der Waals surface area (Å²) < 4.78 is 0. The van der Waals surface area contributed by atoms with E-state index in [9.17, 15) is 4.79 Å². The van der Waals surface area contributed by atoms with Crippen molar-refractivity contribution in [3.63, 3.8) is 0 Å². The number of amides is 1. The van der Waals surface area contributed by atoms with E-state index in [0.717, 1.165) is 18.4 Å². The summed E-state index contributed by atoms with van der Waals surface area (Å²) in [5, 5.41) is 2.89. The molecule has 1 aromatic carbocycles. The Balaban J connectivity index is 2.17. The number of hydrogen-bond donors (Lipinski definition) is 1. The van der Waals surface area contributed by atoms with Crippen molar-refractivity contribution in [2.24, 2.45) is 0 Å². The fourth-order valence-electron chi connectivity index (χ4n) is 1.35. The van der Waals surface area contributed by atoms with Crippen LogP contribution in [0.4, 0.5) is 0 Å². The van der Waals surface area contributed by atoms with E-state index < -0.39 is 0 Å². The maximum absolute atomic E-state index is 11.4. The zero-order chi connectivity index (χ0) is 11.6. The predicted octanol–water partition coefficient (Wildman–Crippen LogP) is 2.50. The molecule has 1 aromatic rings. The maximum Gasteiger partial charge on any atom is 0.220 e. The molecule has 0 radical (unpaired) electrons. The highest BCUT2D eigenvalue weighted by Gasteiger charge is 1.99. The molecular formula is C14H17NO. The Labute approximate surface area is 97.1 Å². The Hall–Kier alpha value is -1.75. The Morgan fingerprint density at radius 3 is 2.75 bits per heavy atom. The van der Waals surface area contributed by atoms with Crippen LogP contribution >= 0.6 is 0 Å².